The zero-order chi connectivity index (χ0) is 11.8. The van der Waals surface area contributed by atoms with Gasteiger partial charge >= 0.3 is 0 Å². The van der Waals surface area contributed by atoms with Crippen LogP contribution in [0.5, 0.6) is 0 Å². The maximum atomic E-state index is 6.09. The van der Waals surface area contributed by atoms with Crippen molar-refractivity contribution in [2.45, 2.75) is 0 Å². The number of halogens is 3. The summed E-state index contributed by atoms with van der Waals surface area (Å²) in [7, 11) is 0. The molecule has 0 saturated heterocycles. The minimum absolute atomic E-state index is 0. The van der Waals surface area contributed by atoms with Gasteiger partial charge in [-0.25, -0.2) is 4.98 Å². The number of aromatic nitrogens is 2. The lowest BCUT2D eigenvalue weighted by Gasteiger charge is -1.98. The quantitative estimate of drug-likeness (QED) is 0.735. The van der Waals surface area contributed by atoms with E-state index in [0.717, 1.165) is 11.3 Å². The maximum Gasteiger partial charge on any atom is 0.157 e. The number of nitrogen functional groups attached to an aromatic ring is 1. The van der Waals surface area contributed by atoms with Crippen molar-refractivity contribution in [1.82, 2.24) is 9.38 Å². The molecule has 0 aliphatic rings. The van der Waals surface area contributed by atoms with E-state index in [1.54, 1.807) is 10.5 Å². The molecule has 0 amide bonds. The highest BCUT2D eigenvalue weighted by atomic mass is 35.5. The maximum absolute atomic E-state index is 6.09. The van der Waals surface area contributed by atoms with E-state index in [1.807, 2.05) is 42.6 Å². The molecule has 0 bridgehead atoms. The van der Waals surface area contributed by atoms with Crippen molar-refractivity contribution in [3.63, 3.8) is 0 Å². The lowest BCUT2D eigenvalue weighted by molar-refractivity contribution is 1.20. The first-order chi connectivity index (χ1) is 8.27. The van der Waals surface area contributed by atoms with Crippen molar-refractivity contribution in [2.75, 3.05) is 5.73 Å². The Morgan fingerprint density at radius 1 is 1.00 bits per heavy atom. The van der Waals surface area contributed by atoms with Gasteiger partial charge in [-0.2, -0.15) is 0 Å². The molecule has 0 atom stereocenters. The number of imidazole rings is 1. The second-order valence-electron chi connectivity index (χ2n) is 3.76. The van der Waals surface area contributed by atoms with E-state index in [2.05, 4.69) is 4.98 Å². The Morgan fingerprint density at radius 2 is 1.68 bits per heavy atom. The van der Waals surface area contributed by atoms with Crippen LogP contribution in [0.15, 0.2) is 48.7 Å². The second-order valence-corrected chi connectivity index (χ2v) is 4.17. The molecule has 3 aromatic rings. The van der Waals surface area contributed by atoms with Crippen LogP contribution in [0.25, 0.3) is 16.9 Å². The standard InChI is InChI=1S/C13H10ClN3.2ClH/c14-10-7-4-8-17-12(15)11(16-13(10)17)9-5-2-1-3-6-9;;/h1-8H,15H2;2*1H. The zero-order valence-electron chi connectivity index (χ0n) is 9.79. The molecule has 0 spiro atoms. The SMILES string of the molecule is Cl.Cl.Nc1c(-c2ccccc2)nc2c(Cl)cccn12. The Bertz CT molecular complexity index is 680. The van der Waals surface area contributed by atoms with Gasteiger partial charge < -0.3 is 5.73 Å². The van der Waals surface area contributed by atoms with Crippen LogP contribution >= 0.6 is 36.4 Å². The summed E-state index contributed by atoms with van der Waals surface area (Å²) in [5.41, 5.74) is 8.52. The zero-order valence-corrected chi connectivity index (χ0v) is 12.2. The van der Waals surface area contributed by atoms with Crippen LogP contribution in [0.4, 0.5) is 5.82 Å². The molecule has 0 aliphatic heterocycles. The number of pyridine rings is 1. The van der Waals surface area contributed by atoms with E-state index in [4.69, 9.17) is 17.3 Å². The normalized spacial score (nSPS) is 9.74. The van der Waals surface area contributed by atoms with E-state index in [1.165, 1.54) is 0 Å². The van der Waals surface area contributed by atoms with Crippen LogP contribution in [-0.2, 0) is 0 Å². The Balaban J connectivity index is 0.000000902. The number of hydrogen-bond acceptors (Lipinski definition) is 2. The molecule has 0 fully saturated rings. The van der Waals surface area contributed by atoms with Gasteiger partial charge in [0.1, 0.15) is 11.5 Å². The summed E-state index contributed by atoms with van der Waals surface area (Å²) < 4.78 is 1.80. The highest BCUT2D eigenvalue weighted by molar-refractivity contribution is 6.33. The summed E-state index contributed by atoms with van der Waals surface area (Å²) >= 11 is 6.09. The first kappa shape index (κ1) is 15.6. The van der Waals surface area contributed by atoms with Crippen LogP contribution in [0.1, 0.15) is 0 Å². The number of rotatable bonds is 1. The van der Waals surface area contributed by atoms with E-state index >= 15 is 0 Å². The summed E-state index contributed by atoms with van der Waals surface area (Å²) in [5.74, 6) is 0.605. The summed E-state index contributed by atoms with van der Waals surface area (Å²) in [6.45, 7) is 0. The highest BCUT2D eigenvalue weighted by Crippen LogP contribution is 2.28. The van der Waals surface area contributed by atoms with Gasteiger partial charge in [-0.3, -0.25) is 4.40 Å². The van der Waals surface area contributed by atoms with Gasteiger partial charge in [0.15, 0.2) is 5.65 Å². The van der Waals surface area contributed by atoms with Crippen LogP contribution in [-0.4, -0.2) is 9.38 Å². The van der Waals surface area contributed by atoms with Crippen molar-refractivity contribution in [3.8, 4) is 11.3 Å². The predicted octanol–water partition coefficient (Wildman–Crippen LogP) is 4.08. The van der Waals surface area contributed by atoms with E-state index < -0.39 is 0 Å². The molecule has 0 aliphatic carbocycles. The van der Waals surface area contributed by atoms with Crippen molar-refractivity contribution < 1.29 is 0 Å². The van der Waals surface area contributed by atoms with Crippen molar-refractivity contribution in [3.05, 3.63) is 53.7 Å². The molecule has 3 rings (SSSR count). The molecule has 1 aromatic carbocycles. The number of nitrogens with two attached hydrogens (primary N) is 1. The van der Waals surface area contributed by atoms with Crippen LogP contribution in [0.2, 0.25) is 5.02 Å². The molecule has 2 N–H and O–H groups in total. The number of fused-ring (bicyclic) bond motifs is 1. The van der Waals surface area contributed by atoms with E-state index in [9.17, 15) is 0 Å². The Morgan fingerprint density at radius 3 is 2.32 bits per heavy atom. The summed E-state index contributed by atoms with van der Waals surface area (Å²) in [6.07, 6.45) is 1.86. The lowest BCUT2D eigenvalue weighted by Crippen LogP contribution is -1.93. The van der Waals surface area contributed by atoms with E-state index in [-0.39, 0.29) is 24.8 Å². The number of hydrogen-bond donors (Lipinski definition) is 1. The van der Waals surface area contributed by atoms with Crippen LogP contribution in [0.3, 0.4) is 0 Å². The fourth-order valence-corrected chi connectivity index (χ4v) is 2.07. The fourth-order valence-electron chi connectivity index (χ4n) is 1.86. The van der Waals surface area contributed by atoms with Crippen molar-refractivity contribution >= 4 is 47.9 Å². The monoisotopic (exact) mass is 315 g/mol. The third-order valence-corrected chi connectivity index (χ3v) is 2.98. The molecule has 2 heterocycles. The molecular weight excluding hydrogens is 305 g/mol. The van der Waals surface area contributed by atoms with Gasteiger partial charge in [-0.1, -0.05) is 41.9 Å². The molecule has 6 heteroatoms. The topological polar surface area (TPSA) is 43.3 Å². The minimum atomic E-state index is 0. The predicted molar refractivity (Wildman–Crippen MR) is 84.5 cm³/mol. The van der Waals surface area contributed by atoms with Crippen molar-refractivity contribution in [2.24, 2.45) is 0 Å². The fraction of sp³-hybridized carbons (Fsp3) is 0. The third-order valence-electron chi connectivity index (χ3n) is 2.69. The molecule has 19 heavy (non-hydrogen) atoms. The van der Waals surface area contributed by atoms with Crippen LogP contribution in [0, 0.1) is 0 Å². The first-order valence-electron chi connectivity index (χ1n) is 5.25. The van der Waals surface area contributed by atoms with Gasteiger partial charge in [-0.05, 0) is 12.1 Å². The Kier molecular flexibility index (Phi) is 5.06. The molecule has 100 valence electrons. The Hall–Kier alpha value is -1.42. The average Bonchev–Trinajstić information content (AvgIpc) is 2.70. The number of benzene rings is 1. The largest absolute Gasteiger partial charge is 0.383 e. The molecular formula is C13H12Cl3N3. The first-order valence-corrected chi connectivity index (χ1v) is 5.62. The molecule has 0 saturated carbocycles. The minimum Gasteiger partial charge on any atom is -0.383 e. The summed E-state index contributed by atoms with van der Waals surface area (Å²) in [4.78, 5) is 4.49. The second kappa shape index (κ2) is 6.15. The third kappa shape index (κ3) is 2.63. The number of nitrogens with zero attached hydrogens (tertiary/aromatic N) is 2. The Labute approximate surface area is 128 Å². The summed E-state index contributed by atoms with van der Waals surface area (Å²) in [5, 5.41) is 0.599. The van der Waals surface area contributed by atoms with Gasteiger partial charge in [-0.15, -0.1) is 24.8 Å². The average molecular weight is 317 g/mol. The molecule has 2 aromatic heterocycles. The summed E-state index contributed by atoms with van der Waals surface area (Å²) in [6, 6.07) is 13.5. The van der Waals surface area contributed by atoms with Crippen LogP contribution < -0.4 is 5.73 Å². The van der Waals surface area contributed by atoms with Gasteiger partial charge in [0.25, 0.3) is 0 Å². The smallest absolute Gasteiger partial charge is 0.157 e. The molecule has 0 unspecified atom stereocenters. The molecule has 3 nitrogen and oxygen atoms in total. The molecule has 0 radical (unpaired) electrons. The van der Waals surface area contributed by atoms with Gasteiger partial charge in [0.05, 0.1) is 5.02 Å². The highest BCUT2D eigenvalue weighted by Gasteiger charge is 2.12. The van der Waals surface area contributed by atoms with E-state index in [0.29, 0.717) is 16.5 Å². The van der Waals surface area contributed by atoms with Crippen molar-refractivity contribution in [1.29, 1.82) is 0 Å². The van der Waals surface area contributed by atoms with Gasteiger partial charge in [0.2, 0.25) is 0 Å². The lowest BCUT2D eigenvalue weighted by atomic mass is 10.1. The number of anilines is 1. The van der Waals surface area contributed by atoms with Gasteiger partial charge in [0, 0.05) is 11.8 Å².